The third-order valence-corrected chi connectivity index (χ3v) is 20.7. The second kappa shape index (κ2) is 11.2. The van der Waals surface area contributed by atoms with Crippen molar-refractivity contribution in [3.63, 3.8) is 0 Å². The van der Waals surface area contributed by atoms with Crippen molar-refractivity contribution in [3.8, 4) is 22.9 Å². The van der Waals surface area contributed by atoms with Crippen LogP contribution in [-0.4, -0.2) is 26.1 Å². The van der Waals surface area contributed by atoms with Gasteiger partial charge in [-0.2, -0.15) is 0 Å². The third-order valence-electron chi connectivity index (χ3n) is 8.10. The minimum absolute atomic E-state index is 0.575. The molecule has 0 saturated carbocycles. The van der Waals surface area contributed by atoms with Gasteiger partial charge in [-0.1, -0.05) is 107 Å². The molecule has 0 aliphatic rings. The monoisotopic (exact) mass is 490 g/mol. The minimum atomic E-state index is -1.88. The van der Waals surface area contributed by atoms with Gasteiger partial charge in [0, 0.05) is 0 Å². The highest BCUT2D eigenvalue weighted by Crippen LogP contribution is 2.42. The van der Waals surface area contributed by atoms with Crippen LogP contribution in [0, 0.1) is 22.9 Å². The van der Waals surface area contributed by atoms with Gasteiger partial charge >= 0.3 is 0 Å². The predicted octanol–water partition coefficient (Wildman–Crippen LogP) is 8.77. The standard InChI is InChI=1S/C30H46N2Si2/c1-21(2)33(22(3)4,23(5)6)19-17-29-30(32-28-16-14-13-15-27(28)31-29)18-20-34(24(7)8,25(9)10)26(11)12/h13-16,21-26H,1-12H3. The zero-order valence-electron chi connectivity index (χ0n) is 23.7. The van der Waals surface area contributed by atoms with E-state index in [9.17, 15) is 0 Å². The molecule has 2 aromatic rings. The molecule has 0 saturated heterocycles. The molecule has 2 rings (SSSR count). The van der Waals surface area contributed by atoms with Crippen LogP contribution in [0.2, 0.25) is 33.2 Å². The summed E-state index contributed by atoms with van der Waals surface area (Å²) in [7, 11) is -3.76. The van der Waals surface area contributed by atoms with Crippen molar-refractivity contribution in [2.24, 2.45) is 0 Å². The van der Waals surface area contributed by atoms with Crippen molar-refractivity contribution in [1.82, 2.24) is 9.97 Å². The largest absolute Gasteiger partial charge is 0.235 e. The minimum Gasteiger partial charge on any atom is -0.235 e. The lowest BCUT2D eigenvalue weighted by atomic mass is 10.2. The van der Waals surface area contributed by atoms with Crippen LogP contribution in [0.4, 0.5) is 0 Å². The van der Waals surface area contributed by atoms with E-state index in [1.807, 2.05) is 24.3 Å². The Bertz CT molecular complexity index is 973. The summed E-state index contributed by atoms with van der Waals surface area (Å²) in [4.78, 5) is 9.98. The molecule has 1 aromatic carbocycles. The van der Waals surface area contributed by atoms with Gasteiger partial charge < -0.3 is 0 Å². The van der Waals surface area contributed by atoms with Gasteiger partial charge in [-0.3, -0.25) is 0 Å². The van der Waals surface area contributed by atoms with Crippen molar-refractivity contribution in [2.75, 3.05) is 0 Å². The highest BCUT2D eigenvalue weighted by Gasteiger charge is 2.42. The quantitative estimate of drug-likeness (QED) is 0.299. The summed E-state index contributed by atoms with van der Waals surface area (Å²) in [6, 6.07) is 8.09. The Morgan fingerprint density at radius 3 is 1.00 bits per heavy atom. The van der Waals surface area contributed by atoms with Gasteiger partial charge in [-0.25, -0.2) is 9.97 Å². The highest BCUT2D eigenvalue weighted by atomic mass is 28.3. The summed E-state index contributed by atoms with van der Waals surface area (Å²) < 4.78 is 0. The molecule has 34 heavy (non-hydrogen) atoms. The molecule has 0 amide bonds. The van der Waals surface area contributed by atoms with Crippen LogP contribution in [0.3, 0.4) is 0 Å². The number of hydrogen-bond donors (Lipinski definition) is 0. The van der Waals surface area contributed by atoms with E-state index in [0.717, 1.165) is 22.4 Å². The van der Waals surface area contributed by atoms with Gasteiger partial charge in [-0.05, 0) is 45.4 Å². The van der Waals surface area contributed by atoms with E-state index in [1.165, 1.54) is 0 Å². The van der Waals surface area contributed by atoms with Gasteiger partial charge in [0.15, 0.2) is 0 Å². The Labute approximate surface area is 211 Å². The summed E-state index contributed by atoms with van der Waals surface area (Å²) >= 11 is 0. The van der Waals surface area contributed by atoms with E-state index in [0.29, 0.717) is 33.2 Å². The number of benzene rings is 1. The Kier molecular flexibility index (Phi) is 9.37. The van der Waals surface area contributed by atoms with E-state index in [2.05, 4.69) is 106 Å². The van der Waals surface area contributed by atoms with Gasteiger partial charge in [0.1, 0.15) is 27.5 Å². The molecule has 0 radical (unpaired) electrons. The lowest BCUT2D eigenvalue weighted by Crippen LogP contribution is -2.43. The van der Waals surface area contributed by atoms with Crippen molar-refractivity contribution >= 4 is 27.2 Å². The van der Waals surface area contributed by atoms with Crippen LogP contribution in [-0.2, 0) is 0 Å². The maximum absolute atomic E-state index is 4.99. The molecule has 0 N–H and O–H groups in total. The van der Waals surface area contributed by atoms with E-state index in [1.54, 1.807) is 0 Å². The average Bonchev–Trinajstić information content (AvgIpc) is 2.73. The molecule has 0 unspecified atom stereocenters. The van der Waals surface area contributed by atoms with Gasteiger partial charge in [0.25, 0.3) is 0 Å². The number of nitrogens with zero attached hydrogens (tertiary/aromatic N) is 2. The molecule has 0 bridgehead atoms. The van der Waals surface area contributed by atoms with Crippen LogP contribution in [0.5, 0.6) is 0 Å². The first kappa shape index (κ1) is 28.4. The first-order valence-electron chi connectivity index (χ1n) is 13.1. The fraction of sp³-hybridized carbons (Fsp3) is 0.600. The molecular formula is C30H46N2Si2. The Hall–Kier alpha value is -1.89. The number of hydrogen-bond acceptors (Lipinski definition) is 2. The summed E-state index contributed by atoms with van der Waals surface area (Å²) in [5, 5.41) is 0. The number of para-hydroxylation sites is 2. The van der Waals surface area contributed by atoms with Crippen molar-refractivity contribution < 1.29 is 0 Å². The van der Waals surface area contributed by atoms with Crippen LogP contribution in [0.15, 0.2) is 24.3 Å². The Balaban J connectivity index is 2.83. The van der Waals surface area contributed by atoms with Crippen molar-refractivity contribution in [2.45, 2.75) is 116 Å². The molecule has 0 fully saturated rings. The fourth-order valence-electron chi connectivity index (χ4n) is 6.38. The lowest BCUT2D eigenvalue weighted by molar-refractivity contribution is 0.838. The molecule has 184 valence electrons. The Morgan fingerprint density at radius 2 is 0.765 bits per heavy atom. The first-order chi connectivity index (χ1) is 15.8. The average molecular weight is 491 g/mol. The second-order valence-corrected chi connectivity index (χ2v) is 22.9. The third kappa shape index (κ3) is 5.34. The first-order valence-corrected chi connectivity index (χ1v) is 17.6. The van der Waals surface area contributed by atoms with Gasteiger partial charge in [0.2, 0.25) is 0 Å². The number of fused-ring (bicyclic) bond motifs is 1. The Morgan fingerprint density at radius 1 is 0.500 bits per heavy atom. The molecule has 2 nitrogen and oxygen atoms in total. The number of rotatable bonds is 6. The zero-order chi connectivity index (χ0) is 25.8. The smallest absolute Gasteiger partial charge is 0.147 e. The number of aromatic nitrogens is 2. The maximum Gasteiger partial charge on any atom is 0.147 e. The van der Waals surface area contributed by atoms with Crippen LogP contribution in [0.25, 0.3) is 11.0 Å². The summed E-state index contributed by atoms with van der Waals surface area (Å²) in [6.45, 7) is 28.2. The summed E-state index contributed by atoms with van der Waals surface area (Å²) in [5.74, 6) is 7.13. The SMILES string of the molecule is CC(C)[Si](C#Cc1nc2ccccc2nc1C#C[Si](C(C)C)(C(C)C)C(C)C)(C(C)C)C(C)C. The summed E-state index contributed by atoms with van der Waals surface area (Å²) in [5.41, 5.74) is 14.4. The molecule has 0 atom stereocenters. The van der Waals surface area contributed by atoms with Crippen molar-refractivity contribution in [3.05, 3.63) is 35.7 Å². The van der Waals surface area contributed by atoms with Gasteiger partial charge in [0.05, 0.1) is 11.0 Å². The van der Waals surface area contributed by atoms with E-state index in [-0.39, 0.29) is 0 Å². The van der Waals surface area contributed by atoms with Crippen LogP contribution < -0.4 is 0 Å². The maximum atomic E-state index is 4.99. The predicted molar refractivity (Wildman–Crippen MR) is 155 cm³/mol. The molecule has 4 heteroatoms. The topological polar surface area (TPSA) is 25.8 Å². The van der Waals surface area contributed by atoms with Crippen LogP contribution >= 0.6 is 0 Å². The lowest BCUT2D eigenvalue weighted by Gasteiger charge is -2.38. The molecule has 1 heterocycles. The van der Waals surface area contributed by atoms with Crippen molar-refractivity contribution in [1.29, 1.82) is 0 Å². The van der Waals surface area contributed by atoms with Crippen LogP contribution in [0.1, 0.15) is 94.5 Å². The second-order valence-electron chi connectivity index (χ2n) is 11.7. The molecular weight excluding hydrogens is 445 g/mol. The molecule has 1 aromatic heterocycles. The molecule has 0 aliphatic carbocycles. The fourth-order valence-corrected chi connectivity index (χ4v) is 16.8. The highest BCUT2D eigenvalue weighted by molar-refractivity contribution is 6.91. The van der Waals surface area contributed by atoms with Gasteiger partial charge in [-0.15, -0.1) is 11.1 Å². The molecule has 0 aliphatic heterocycles. The van der Waals surface area contributed by atoms with E-state index < -0.39 is 16.1 Å². The molecule has 0 spiro atoms. The summed E-state index contributed by atoms with van der Waals surface area (Å²) in [6.07, 6.45) is 0. The normalized spacial score (nSPS) is 12.6. The zero-order valence-corrected chi connectivity index (χ0v) is 25.7. The van der Waals surface area contributed by atoms with E-state index >= 15 is 0 Å². The van der Waals surface area contributed by atoms with E-state index in [4.69, 9.17) is 9.97 Å².